The molecule has 0 atom stereocenters. The fourth-order valence-corrected chi connectivity index (χ4v) is 1.58. The van der Waals surface area contributed by atoms with E-state index in [1.165, 1.54) is 0 Å². The van der Waals surface area contributed by atoms with Crippen molar-refractivity contribution in [1.82, 2.24) is 20.1 Å². The topological polar surface area (TPSA) is 63.0 Å². The summed E-state index contributed by atoms with van der Waals surface area (Å²) in [5.74, 6) is 0. The SMILES string of the molecule is OCCn1cc(CNCc2cccnc2)cn1. The van der Waals surface area contributed by atoms with Gasteiger partial charge in [-0.2, -0.15) is 5.10 Å². The summed E-state index contributed by atoms with van der Waals surface area (Å²) < 4.78 is 1.74. The molecule has 0 aliphatic rings. The maximum absolute atomic E-state index is 8.77. The third kappa shape index (κ3) is 3.65. The van der Waals surface area contributed by atoms with Crippen LogP contribution in [0, 0.1) is 0 Å². The van der Waals surface area contributed by atoms with E-state index in [1.807, 2.05) is 30.7 Å². The Hall–Kier alpha value is -1.72. The van der Waals surface area contributed by atoms with Crippen LogP contribution >= 0.6 is 0 Å². The predicted octanol–water partition coefficient (Wildman–Crippen LogP) is 0.560. The molecular weight excluding hydrogens is 216 g/mol. The predicted molar refractivity (Wildman–Crippen MR) is 64.1 cm³/mol. The van der Waals surface area contributed by atoms with E-state index in [1.54, 1.807) is 10.9 Å². The second-order valence-electron chi connectivity index (χ2n) is 3.80. The summed E-state index contributed by atoms with van der Waals surface area (Å²) in [5, 5.41) is 16.2. The van der Waals surface area contributed by atoms with Crippen molar-refractivity contribution >= 4 is 0 Å². The number of aliphatic hydroxyl groups is 1. The van der Waals surface area contributed by atoms with Crippen molar-refractivity contribution in [2.75, 3.05) is 6.61 Å². The van der Waals surface area contributed by atoms with E-state index in [9.17, 15) is 0 Å². The smallest absolute Gasteiger partial charge is 0.0640 e. The van der Waals surface area contributed by atoms with Crippen LogP contribution in [-0.4, -0.2) is 26.5 Å². The molecule has 2 aromatic rings. The van der Waals surface area contributed by atoms with Crippen LogP contribution < -0.4 is 5.32 Å². The highest BCUT2D eigenvalue weighted by molar-refractivity contribution is 5.09. The summed E-state index contributed by atoms with van der Waals surface area (Å²) >= 11 is 0. The van der Waals surface area contributed by atoms with E-state index in [0.717, 1.165) is 24.2 Å². The normalized spacial score (nSPS) is 10.6. The van der Waals surface area contributed by atoms with E-state index >= 15 is 0 Å². The van der Waals surface area contributed by atoms with Gasteiger partial charge in [-0.1, -0.05) is 6.07 Å². The number of pyridine rings is 1. The highest BCUT2D eigenvalue weighted by atomic mass is 16.3. The van der Waals surface area contributed by atoms with Gasteiger partial charge in [-0.25, -0.2) is 0 Å². The molecule has 0 fully saturated rings. The summed E-state index contributed by atoms with van der Waals surface area (Å²) in [4.78, 5) is 4.05. The first-order chi connectivity index (χ1) is 8.38. The van der Waals surface area contributed by atoms with Crippen molar-refractivity contribution in [2.45, 2.75) is 19.6 Å². The van der Waals surface area contributed by atoms with Crippen LogP contribution in [0.5, 0.6) is 0 Å². The molecule has 0 aliphatic carbocycles. The van der Waals surface area contributed by atoms with Gasteiger partial charge in [0.15, 0.2) is 0 Å². The first kappa shape index (κ1) is 11.8. The maximum atomic E-state index is 8.77. The largest absolute Gasteiger partial charge is 0.394 e. The van der Waals surface area contributed by atoms with Crippen molar-refractivity contribution < 1.29 is 5.11 Å². The molecule has 17 heavy (non-hydrogen) atoms. The lowest BCUT2D eigenvalue weighted by Crippen LogP contribution is -2.12. The van der Waals surface area contributed by atoms with Gasteiger partial charge in [-0.05, 0) is 11.6 Å². The Kier molecular flexibility index (Phi) is 4.23. The van der Waals surface area contributed by atoms with Crippen LogP contribution in [0.3, 0.4) is 0 Å². The van der Waals surface area contributed by atoms with Gasteiger partial charge >= 0.3 is 0 Å². The Morgan fingerprint density at radius 3 is 2.88 bits per heavy atom. The fourth-order valence-electron chi connectivity index (χ4n) is 1.58. The number of nitrogens with one attached hydrogen (secondary N) is 1. The summed E-state index contributed by atoms with van der Waals surface area (Å²) in [5.41, 5.74) is 2.28. The van der Waals surface area contributed by atoms with Crippen LogP contribution in [0.4, 0.5) is 0 Å². The molecule has 2 heterocycles. The monoisotopic (exact) mass is 232 g/mol. The zero-order valence-electron chi connectivity index (χ0n) is 9.58. The zero-order chi connectivity index (χ0) is 11.9. The molecule has 0 amide bonds. The number of aromatic nitrogens is 3. The molecule has 2 rings (SSSR count). The molecule has 0 spiro atoms. The van der Waals surface area contributed by atoms with E-state index in [4.69, 9.17) is 5.11 Å². The second-order valence-corrected chi connectivity index (χ2v) is 3.80. The van der Waals surface area contributed by atoms with Crippen LogP contribution in [-0.2, 0) is 19.6 Å². The Balaban J connectivity index is 1.78. The number of nitrogens with zero attached hydrogens (tertiary/aromatic N) is 3. The lowest BCUT2D eigenvalue weighted by Gasteiger charge is -2.02. The van der Waals surface area contributed by atoms with Crippen molar-refractivity contribution in [3.63, 3.8) is 0 Å². The van der Waals surface area contributed by atoms with Gasteiger partial charge in [0.2, 0.25) is 0 Å². The molecule has 2 aromatic heterocycles. The van der Waals surface area contributed by atoms with E-state index in [0.29, 0.717) is 6.54 Å². The van der Waals surface area contributed by atoms with Crippen LogP contribution in [0.1, 0.15) is 11.1 Å². The third-order valence-corrected chi connectivity index (χ3v) is 2.40. The summed E-state index contributed by atoms with van der Waals surface area (Å²) in [6.07, 6.45) is 7.36. The van der Waals surface area contributed by atoms with E-state index < -0.39 is 0 Å². The quantitative estimate of drug-likeness (QED) is 0.764. The molecule has 90 valence electrons. The minimum atomic E-state index is 0.115. The Morgan fingerprint density at radius 2 is 2.12 bits per heavy atom. The standard InChI is InChI=1S/C12H16N4O/c17-5-4-16-10-12(9-15-16)8-14-7-11-2-1-3-13-6-11/h1-3,6,9-10,14,17H,4-5,7-8H2. The molecule has 5 heteroatoms. The Bertz CT molecular complexity index is 441. The molecule has 0 aliphatic heterocycles. The summed E-state index contributed by atoms with van der Waals surface area (Å²) in [6, 6.07) is 3.96. The number of rotatable bonds is 6. The molecule has 0 radical (unpaired) electrons. The third-order valence-electron chi connectivity index (χ3n) is 2.40. The van der Waals surface area contributed by atoms with Gasteiger partial charge in [-0.3, -0.25) is 9.67 Å². The van der Waals surface area contributed by atoms with Crippen molar-refractivity contribution in [1.29, 1.82) is 0 Å². The van der Waals surface area contributed by atoms with Gasteiger partial charge < -0.3 is 10.4 Å². The molecule has 2 N–H and O–H groups in total. The van der Waals surface area contributed by atoms with Gasteiger partial charge in [0.05, 0.1) is 19.3 Å². The minimum Gasteiger partial charge on any atom is -0.394 e. The molecular formula is C12H16N4O. The molecule has 0 saturated carbocycles. The average Bonchev–Trinajstić information content (AvgIpc) is 2.79. The van der Waals surface area contributed by atoms with Crippen LogP contribution in [0.2, 0.25) is 0 Å². The minimum absolute atomic E-state index is 0.115. The second kappa shape index (κ2) is 6.12. The molecule has 0 saturated heterocycles. The molecule has 0 bridgehead atoms. The van der Waals surface area contributed by atoms with Crippen molar-refractivity contribution in [2.24, 2.45) is 0 Å². The van der Waals surface area contributed by atoms with Gasteiger partial charge in [0, 0.05) is 37.2 Å². The van der Waals surface area contributed by atoms with E-state index in [-0.39, 0.29) is 6.61 Å². The number of aliphatic hydroxyl groups excluding tert-OH is 1. The van der Waals surface area contributed by atoms with Gasteiger partial charge in [0.1, 0.15) is 0 Å². The average molecular weight is 232 g/mol. The van der Waals surface area contributed by atoms with Crippen LogP contribution in [0.15, 0.2) is 36.9 Å². The van der Waals surface area contributed by atoms with Crippen molar-refractivity contribution in [3.8, 4) is 0 Å². The first-order valence-electron chi connectivity index (χ1n) is 5.60. The summed E-state index contributed by atoms with van der Waals surface area (Å²) in [6.45, 7) is 2.21. The molecule has 0 aromatic carbocycles. The van der Waals surface area contributed by atoms with E-state index in [2.05, 4.69) is 15.4 Å². The Labute approximate surface area is 100 Å². The highest BCUT2D eigenvalue weighted by Gasteiger charge is 1.98. The van der Waals surface area contributed by atoms with Gasteiger partial charge in [0.25, 0.3) is 0 Å². The lowest BCUT2D eigenvalue weighted by molar-refractivity contribution is 0.269. The molecule has 5 nitrogen and oxygen atoms in total. The zero-order valence-corrected chi connectivity index (χ0v) is 9.58. The van der Waals surface area contributed by atoms with Crippen LogP contribution in [0.25, 0.3) is 0 Å². The number of hydrogen-bond acceptors (Lipinski definition) is 4. The Morgan fingerprint density at radius 1 is 1.24 bits per heavy atom. The number of hydrogen-bond donors (Lipinski definition) is 2. The summed E-state index contributed by atoms with van der Waals surface area (Å²) in [7, 11) is 0. The maximum Gasteiger partial charge on any atom is 0.0640 e. The lowest BCUT2D eigenvalue weighted by atomic mass is 10.3. The fraction of sp³-hybridized carbons (Fsp3) is 0.333. The van der Waals surface area contributed by atoms with Gasteiger partial charge in [-0.15, -0.1) is 0 Å². The van der Waals surface area contributed by atoms with Crippen molar-refractivity contribution in [3.05, 3.63) is 48.0 Å². The first-order valence-corrected chi connectivity index (χ1v) is 5.60. The molecule has 0 unspecified atom stereocenters. The highest BCUT2D eigenvalue weighted by Crippen LogP contribution is 1.99.